The van der Waals surface area contributed by atoms with Gasteiger partial charge in [-0.25, -0.2) is 0 Å². The lowest BCUT2D eigenvalue weighted by Gasteiger charge is -2.29. The molecule has 12 aromatic rings. The molecule has 68 heavy (non-hydrogen) atoms. The van der Waals surface area contributed by atoms with E-state index < -0.39 is 0 Å². The summed E-state index contributed by atoms with van der Waals surface area (Å²) < 4.78 is 2.44. The predicted molar refractivity (Wildman–Crippen MR) is 288 cm³/mol. The maximum absolute atomic E-state index is 2.44. The summed E-state index contributed by atoms with van der Waals surface area (Å²) in [6.07, 6.45) is 0. The van der Waals surface area contributed by atoms with Crippen molar-refractivity contribution >= 4 is 38.9 Å². The van der Waals surface area contributed by atoms with Crippen LogP contribution in [0.5, 0.6) is 0 Å². The number of hydrogen-bond acceptors (Lipinski definition) is 1. The Morgan fingerprint density at radius 2 is 0.676 bits per heavy atom. The van der Waals surface area contributed by atoms with Crippen LogP contribution in [-0.2, 0) is 0 Å². The molecule has 12 rings (SSSR count). The average molecular weight is 867 g/mol. The minimum atomic E-state index is 1.08. The molecule has 0 radical (unpaired) electrons. The van der Waals surface area contributed by atoms with Crippen molar-refractivity contribution in [1.82, 2.24) is 4.57 Å². The number of anilines is 3. The topological polar surface area (TPSA) is 8.17 Å². The van der Waals surface area contributed by atoms with Gasteiger partial charge in [0.1, 0.15) is 0 Å². The monoisotopic (exact) mass is 866 g/mol. The lowest BCUT2D eigenvalue weighted by Crippen LogP contribution is -2.11. The van der Waals surface area contributed by atoms with Crippen LogP contribution in [0.1, 0.15) is 0 Å². The Morgan fingerprint density at radius 1 is 0.235 bits per heavy atom. The molecule has 0 spiro atoms. The maximum Gasteiger partial charge on any atom is 0.0547 e. The highest BCUT2D eigenvalue weighted by atomic mass is 15.1. The molecular formula is C66H46N2. The van der Waals surface area contributed by atoms with Crippen molar-refractivity contribution in [2.24, 2.45) is 0 Å². The predicted octanol–water partition coefficient (Wildman–Crippen LogP) is 18.3. The third-order valence-corrected chi connectivity index (χ3v) is 13.2. The smallest absolute Gasteiger partial charge is 0.0547 e. The second kappa shape index (κ2) is 17.8. The standard InChI is InChI=1S/C66H46N2/c1-4-21-47(22-5-1)50-27-18-30-54(43-50)67(55-31-19-28-51(44-55)48-23-6-2-7-24-48)64-39-16-14-37-61(64)60-36-13-12-35-59(60)53-41-42-63-62-38-15-17-40-65(62)68(66(63)46-53)56-32-20-29-52(45-56)58-34-11-10-33-57(58)49-25-8-3-9-26-49/h1-46H. The summed E-state index contributed by atoms with van der Waals surface area (Å²) in [5, 5.41) is 2.45. The van der Waals surface area contributed by atoms with Crippen LogP contribution in [0.25, 0.3) is 94.3 Å². The zero-order valence-corrected chi connectivity index (χ0v) is 37.5. The minimum absolute atomic E-state index is 1.08. The van der Waals surface area contributed by atoms with Crippen molar-refractivity contribution in [2.75, 3.05) is 4.90 Å². The Morgan fingerprint density at radius 3 is 1.32 bits per heavy atom. The maximum atomic E-state index is 2.44. The number of nitrogens with zero attached hydrogens (tertiary/aromatic N) is 2. The van der Waals surface area contributed by atoms with Gasteiger partial charge in [-0.15, -0.1) is 0 Å². The fraction of sp³-hybridized carbons (Fsp3) is 0. The van der Waals surface area contributed by atoms with Gasteiger partial charge in [0, 0.05) is 33.4 Å². The molecule has 0 aliphatic heterocycles. The SMILES string of the molecule is c1ccc(-c2cccc(N(c3cccc(-c4ccccc4)c3)c3ccccc3-c3ccccc3-c3ccc4c5ccccc5n(-c5cccc(-c6ccccc6-c6ccccc6)c5)c4c3)c2)cc1. The number of aromatic nitrogens is 1. The normalized spacial score (nSPS) is 11.2. The molecule has 0 saturated carbocycles. The first kappa shape index (κ1) is 40.5. The van der Waals surface area contributed by atoms with Gasteiger partial charge in [0.15, 0.2) is 0 Å². The van der Waals surface area contributed by atoms with Gasteiger partial charge >= 0.3 is 0 Å². The van der Waals surface area contributed by atoms with Crippen LogP contribution in [0.15, 0.2) is 279 Å². The summed E-state index contributed by atoms with van der Waals surface area (Å²) in [5.74, 6) is 0. The van der Waals surface area contributed by atoms with Gasteiger partial charge < -0.3 is 9.47 Å². The molecular weight excluding hydrogens is 821 g/mol. The summed E-state index contributed by atoms with van der Waals surface area (Å²) in [6, 6.07) is 101. The Hall–Kier alpha value is -8.98. The van der Waals surface area contributed by atoms with Crippen molar-refractivity contribution in [3.63, 3.8) is 0 Å². The number of hydrogen-bond donors (Lipinski definition) is 0. The van der Waals surface area contributed by atoms with Gasteiger partial charge in [0.05, 0.1) is 16.7 Å². The fourth-order valence-electron chi connectivity index (χ4n) is 10.0. The second-order valence-corrected chi connectivity index (χ2v) is 17.3. The van der Waals surface area contributed by atoms with Crippen LogP contribution in [0, 0.1) is 0 Å². The van der Waals surface area contributed by atoms with Gasteiger partial charge in [-0.1, -0.05) is 224 Å². The van der Waals surface area contributed by atoms with E-state index in [2.05, 4.69) is 289 Å². The van der Waals surface area contributed by atoms with Crippen molar-refractivity contribution in [2.45, 2.75) is 0 Å². The molecule has 0 unspecified atom stereocenters. The Labute approximate surface area is 397 Å². The van der Waals surface area contributed by atoms with E-state index in [9.17, 15) is 0 Å². The Bertz CT molecular complexity index is 3650. The lowest BCUT2D eigenvalue weighted by atomic mass is 9.92. The van der Waals surface area contributed by atoms with Crippen LogP contribution in [0.2, 0.25) is 0 Å². The van der Waals surface area contributed by atoms with Crippen molar-refractivity contribution in [3.8, 4) is 72.4 Å². The van der Waals surface area contributed by atoms with Gasteiger partial charge in [0.2, 0.25) is 0 Å². The molecule has 0 aliphatic carbocycles. The second-order valence-electron chi connectivity index (χ2n) is 17.3. The number of para-hydroxylation sites is 2. The van der Waals surface area contributed by atoms with Gasteiger partial charge in [0.25, 0.3) is 0 Å². The molecule has 0 atom stereocenters. The van der Waals surface area contributed by atoms with Gasteiger partial charge in [-0.3, -0.25) is 0 Å². The first-order valence-corrected chi connectivity index (χ1v) is 23.3. The molecule has 0 amide bonds. The minimum Gasteiger partial charge on any atom is -0.310 e. The van der Waals surface area contributed by atoms with E-state index in [4.69, 9.17) is 0 Å². The molecule has 0 bridgehead atoms. The molecule has 2 nitrogen and oxygen atoms in total. The zero-order chi connectivity index (χ0) is 45.2. The van der Waals surface area contributed by atoms with Crippen LogP contribution < -0.4 is 4.90 Å². The quantitative estimate of drug-likeness (QED) is 0.133. The van der Waals surface area contributed by atoms with Crippen LogP contribution >= 0.6 is 0 Å². The van der Waals surface area contributed by atoms with E-state index in [0.717, 1.165) is 45.0 Å². The van der Waals surface area contributed by atoms with Crippen molar-refractivity contribution in [3.05, 3.63) is 279 Å². The molecule has 0 fully saturated rings. The first-order chi connectivity index (χ1) is 33.7. The highest BCUT2D eigenvalue weighted by Crippen LogP contribution is 2.46. The van der Waals surface area contributed by atoms with E-state index in [1.807, 2.05) is 0 Å². The third-order valence-electron chi connectivity index (χ3n) is 13.2. The summed E-state index contributed by atoms with van der Waals surface area (Å²) in [6.45, 7) is 0. The molecule has 0 aliphatic rings. The van der Waals surface area contributed by atoms with Crippen LogP contribution in [0.4, 0.5) is 17.1 Å². The lowest BCUT2D eigenvalue weighted by molar-refractivity contribution is 1.18. The summed E-state index contributed by atoms with van der Waals surface area (Å²) in [4.78, 5) is 2.43. The highest BCUT2D eigenvalue weighted by Gasteiger charge is 2.21. The van der Waals surface area contributed by atoms with Gasteiger partial charge in [-0.2, -0.15) is 0 Å². The van der Waals surface area contributed by atoms with Crippen LogP contribution in [-0.4, -0.2) is 4.57 Å². The third kappa shape index (κ3) is 7.54. The molecule has 1 aromatic heterocycles. The summed E-state index contributed by atoms with van der Waals surface area (Å²) in [7, 11) is 0. The molecule has 2 heteroatoms. The van der Waals surface area contributed by atoms with Crippen LogP contribution in [0.3, 0.4) is 0 Å². The van der Waals surface area contributed by atoms with Gasteiger partial charge in [-0.05, 0) is 116 Å². The largest absolute Gasteiger partial charge is 0.310 e. The van der Waals surface area contributed by atoms with Crippen molar-refractivity contribution in [1.29, 1.82) is 0 Å². The average Bonchev–Trinajstić information content (AvgIpc) is 3.76. The van der Waals surface area contributed by atoms with E-state index in [1.165, 1.54) is 66.4 Å². The number of benzene rings is 11. The molecule has 0 saturated heterocycles. The summed E-state index contributed by atoms with van der Waals surface area (Å²) in [5.41, 5.74) is 20.9. The van der Waals surface area contributed by atoms with E-state index in [0.29, 0.717) is 0 Å². The Balaban J connectivity index is 1.02. The van der Waals surface area contributed by atoms with E-state index in [-0.39, 0.29) is 0 Å². The van der Waals surface area contributed by atoms with E-state index >= 15 is 0 Å². The zero-order valence-electron chi connectivity index (χ0n) is 37.5. The molecule has 0 N–H and O–H groups in total. The molecule has 11 aromatic carbocycles. The highest BCUT2D eigenvalue weighted by molar-refractivity contribution is 6.11. The van der Waals surface area contributed by atoms with Crippen molar-refractivity contribution < 1.29 is 0 Å². The Kier molecular flexibility index (Phi) is 10.6. The molecule has 1 heterocycles. The fourth-order valence-corrected chi connectivity index (χ4v) is 10.0. The van der Waals surface area contributed by atoms with E-state index in [1.54, 1.807) is 0 Å². The first-order valence-electron chi connectivity index (χ1n) is 23.3. The molecule has 320 valence electrons. The summed E-state index contributed by atoms with van der Waals surface area (Å²) >= 11 is 0. The number of rotatable bonds is 10. The number of fused-ring (bicyclic) bond motifs is 3.